The molecule has 0 aromatic heterocycles. The minimum atomic E-state index is -0.0253. The number of nitrogens with one attached hydrogen (secondary N) is 1. The highest BCUT2D eigenvalue weighted by molar-refractivity contribution is 5.91. The number of rotatable bonds is 8. The zero-order chi connectivity index (χ0) is 17.2. The number of amides is 1. The lowest BCUT2D eigenvalue weighted by molar-refractivity contribution is -0.116. The highest BCUT2D eigenvalue weighted by Crippen LogP contribution is 2.15. The number of hydrogen-bond donors (Lipinski definition) is 1. The van der Waals surface area contributed by atoms with Crippen molar-refractivity contribution in [1.29, 1.82) is 0 Å². The van der Waals surface area contributed by atoms with Crippen LogP contribution in [0.25, 0.3) is 6.08 Å². The first kappa shape index (κ1) is 18.0. The Morgan fingerprint density at radius 1 is 1.00 bits per heavy atom. The Morgan fingerprint density at radius 3 is 2.38 bits per heavy atom. The van der Waals surface area contributed by atoms with E-state index in [-0.39, 0.29) is 5.91 Å². The van der Waals surface area contributed by atoms with E-state index in [0.29, 0.717) is 5.92 Å². The molecule has 0 heterocycles. The van der Waals surface area contributed by atoms with E-state index >= 15 is 0 Å². The molecule has 2 rings (SSSR count). The SMILES string of the molecule is CC(C)c1ccc(C=CC(=O)NCCCCc2ccccc2)cc1. The zero-order valence-electron chi connectivity index (χ0n) is 14.7. The molecule has 126 valence electrons. The minimum Gasteiger partial charge on any atom is -0.353 e. The van der Waals surface area contributed by atoms with Crippen molar-refractivity contribution in [2.45, 2.75) is 39.0 Å². The molecule has 0 atom stereocenters. The van der Waals surface area contributed by atoms with E-state index in [0.717, 1.165) is 31.4 Å². The van der Waals surface area contributed by atoms with Crippen molar-refractivity contribution < 1.29 is 4.79 Å². The van der Waals surface area contributed by atoms with E-state index in [1.54, 1.807) is 6.08 Å². The Bertz CT molecular complexity index is 641. The lowest BCUT2D eigenvalue weighted by atomic mass is 10.0. The van der Waals surface area contributed by atoms with Gasteiger partial charge in [0.1, 0.15) is 0 Å². The molecule has 2 aromatic rings. The molecule has 1 amide bonds. The summed E-state index contributed by atoms with van der Waals surface area (Å²) in [6, 6.07) is 18.8. The molecule has 0 aliphatic carbocycles. The second kappa shape index (κ2) is 9.71. The van der Waals surface area contributed by atoms with Gasteiger partial charge in [0.25, 0.3) is 0 Å². The maximum atomic E-state index is 11.8. The van der Waals surface area contributed by atoms with E-state index in [9.17, 15) is 4.79 Å². The van der Waals surface area contributed by atoms with Crippen LogP contribution in [0.3, 0.4) is 0 Å². The molecule has 0 saturated carbocycles. The van der Waals surface area contributed by atoms with E-state index in [4.69, 9.17) is 0 Å². The van der Waals surface area contributed by atoms with Crippen LogP contribution in [-0.4, -0.2) is 12.5 Å². The van der Waals surface area contributed by atoms with Crippen molar-refractivity contribution in [2.75, 3.05) is 6.54 Å². The maximum Gasteiger partial charge on any atom is 0.243 e. The molecular formula is C22H27NO. The molecule has 1 N–H and O–H groups in total. The molecule has 0 unspecified atom stereocenters. The van der Waals surface area contributed by atoms with E-state index in [1.807, 2.05) is 12.1 Å². The average molecular weight is 321 g/mol. The van der Waals surface area contributed by atoms with Gasteiger partial charge in [-0.2, -0.15) is 0 Å². The molecule has 2 aromatic carbocycles. The van der Waals surface area contributed by atoms with Crippen LogP contribution in [0.2, 0.25) is 0 Å². The van der Waals surface area contributed by atoms with Gasteiger partial charge in [-0.25, -0.2) is 0 Å². The Hall–Kier alpha value is -2.35. The van der Waals surface area contributed by atoms with Gasteiger partial charge >= 0.3 is 0 Å². The van der Waals surface area contributed by atoms with Crippen LogP contribution in [-0.2, 0) is 11.2 Å². The highest BCUT2D eigenvalue weighted by atomic mass is 16.1. The molecule has 2 nitrogen and oxygen atoms in total. The number of carbonyl (C=O) groups excluding carboxylic acids is 1. The third kappa shape index (κ3) is 6.41. The summed E-state index contributed by atoms with van der Waals surface area (Å²) in [6.07, 6.45) is 6.63. The molecule has 0 radical (unpaired) electrons. The van der Waals surface area contributed by atoms with Crippen LogP contribution in [0.4, 0.5) is 0 Å². The zero-order valence-corrected chi connectivity index (χ0v) is 14.7. The summed E-state index contributed by atoms with van der Waals surface area (Å²) < 4.78 is 0. The van der Waals surface area contributed by atoms with Crippen molar-refractivity contribution in [2.24, 2.45) is 0 Å². The summed E-state index contributed by atoms with van der Waals surface area (Å²) in [6.45, 7) is 5.08. The van der Waals surface area contributed by atoms with E-state index in [1.165, 1.54) is 11.1 Å². The second-order valence-corrected chi connectivity index (χ2v) is 6.39. The van der Waals surface area contributed by atoms with Crippen LogP contribution in [0.5, 0.6) is 0 Å². The molecule has 0 spiro atoms. The van der Waals surface area contributed by atoms with Crippen LogP contribution in [0.1, 0.15) is 49.3 Å². The summed E-state index contributed by atoms with van der Waals surface area (Å²) >= 11 is 0. The number of aryl methyl sites for hydroxylation is 1. The summed E-state index contributed by atoms with van der Waals surface area (Å²) in [5, 5.41) is 2.94. The first-order valence-corrected chi connectivity index (χ1v) is 8.75. The van der Waals surface area contributed by atoms with Crippen LogP contribution < -0.4 is 5.32 Å². The summed E-state index contributed by atoms with van der Waals surface area (Å²) in [5.74, 6) is 0.505. The normalized spacial score (nSPS) is 11.1. The lowest BCUT2D eigenvalue weighted by Crippen LogP contribution is -2.22. The second-order valence-electron chi connectivity index (χ2n) is 6.39. The third-order valence-electron chi connectivity index (χ3n) is 4.06. The van der Waals surface area contributed by atoms with Crippen LogP contribution in [0, 0.1) is 0 Å². The topological polar surface area (TPSA) is 29.1 Å². The van der Waals surface area contributed by atoms with Gasteiger partial charge in [0.15, 0.2) is 0 Å². The number of carbonyl (C=O) groups is 1. The maximum absolute atomic E-state index is 11.8. The minimum absolute atomic E-state index is 0.0253. The largest absolute Gasteiger partial charge is 0.353 e. The Morgan fingerprint density at radius 2 is 1.71 bits per heavy atom. The fourth-order valence-electron chi connectivity index (χ4n) is 2.53. The van der Waals surface area contributed by atoms with Crippen LogP contribution in [0.15, 0.2) is 60.7 Å². The molecule has 0 saturated heterocycles. The predicted molar refractivity (Wildman–Crippen MR) is 102 cm³/mol. The smallest absolute Gasteiger partial charge is 0.243 e. The summed E-state index contributed by atoms with van der Waals surface area (Å²) in [7, 11) is 0. The first-order valence-electron chi connectivity index (χ1n) is 8.75. The molecule has 24 heavy (non-hydrogen) atoms. The van der Waals surface area contributed by atoms with Gasteiger partial charge in [0.05, 0.1) is 0 Å². The third-order valence-corrected chi connectivity index (χ3v) is 4.06. The molecule has 0 aliphatic rings. The molecular weight excluding hydrogens is 294 g/mol. The Labute approximate surface area is 145 Å². The number of hydrogen-bond acceptors (Lipinski definition) is 1. The van der Waals surface area contributed by atoms with Gasteiger partial charge in [-0.3, -0.25) is 4.79 Å². The number of benzene rings is 2. The van der Waals surface area contributed by atoms with Crippen molar-refractivity contribution in [3.05, 3.63) is 77.4 Å². The first-order chi connectivity index (χ1) is 11.6. The van der Waals surface area contributed by atoms with E-state index < -0.39 is 0 Å². The lowest BCUT2D eigenvalue weighted by Gasteiger charge is -2.05. The van der Waals surface area contributed by atoms with E-state index in [2.05, 4.69) is 67.7 Å². The van der Waals surface area contributed by atoms with Crippen LogP contribution >= 0.6 is 0 Å². The van der Waals surface area contributed by atoms with Gasteiger partial charge in [0, 0.05) is 12.6 Å². The monoisotopic (exact) mass is 321 g/mol. The van der Waals surface area contributed by atoms with Crippen molar-refractivity contribution >= 4 is 12.0 Å². The summed E-state index contributed by atoms with van der Waals surface area (Å²) in [5.41, 5.74) is 3.72. The summed E-state index contributed by atoms with van der Waals surface area (Å²) in [4.78, 5) is 11.8. The van der Waals surface area contributed by atoms with Crippen molar-refractivity contribution in [1.82, 2.24) is 5.32 Å². The Balaban J connectivity index is 1.65. The van der Waals surface area contributed by atoms with Crippen molar-refractivity contribution in [3.8, 4) is 0 Å². The van der Waals surface area contributed by atoms with Gasteiger partial charge in [-0.15, -0.1) is 0 Å². The standard InChI is InChI=1S/C22H27NO/c1-18(2)21-14-11-20(12-15-21)13-16-22(24)23-17-7-6-10-19-8-4-3-5-9-19/h3-5,8-9,11-16,18H,6-7,10,17H2,1-2H3,(H,23,24). The molecule has 0 aliphatic heterocycles. The molecule has 0 fully saturated rings. The quantitative estimate of drug-likeness (QED) is 0.540. The fourth-order valence-corrected chi connectivity index (χ4v) is 2.53. The van der Waals surface area contributed by atoms with Gasteiger partial charge in [0.2, 0.25) is 5.91 Å². The molecule has 0 bridgehead atoms. The van der Waals surface area contributed by atoms with Gasteiger partial charge in [-0.05, 0) is 47.9 Å². The fraction of sp³-hybridized carbons (Fsp3) is 0.318. The number of unbranched alkanes of at least 4 members (excludes halogenated alkanes) is 1. The van der Waals surface area contributed by atoms with Gasteiger partial charge < -0.3 is 5.32 Å². The average Bonchev–Trinajstić information content (AvgIpc) is 2.61. The predicted octanol–water partition coefficient (Wildman–Crippen LogP) is 4.96. The molecule has 2 heteroatoms. The van der Waals surface area contributed by atoms with Gasteiger partial charge in [-0.1, -0.05) is 68.4 Å². The van der Waals surface area contributed by atoms with Crippen molar-refractivity contribution in [3.63, 3.8) is 0 Å². The highest BCUT2D eigenvalue weighted by Gasteiger charge is 1.99. The Kier molecular flexibility index (Phi) is 7.28.